The van der Waals surface area contributed by atoms with Crippen LogP contribution in [-0.2, 0) is 0 Å². The molecule has 0 saturated carbocycles. The van der Waals surface area contributed by atoms with E-state index in [9.17, 15) is 14.3 Å². The summed E-state index contributed by atoms with van der Waals surface area (Å²) in [5.74, 6) is 0.339. The third kappa shape index (κ3) is 2.64. The number of amides is 1. The van der Waals surface area contributed by atoms with Gasteiger partial charge in [0, 0.05) is 25.0 Å². The highest BCUT2D eigenvalue weighted by Gasteiger charge is 2.35. The van der Waals surface area contributed by atoms with Crippen LogP contribution in [0, 0.1) is 0 Å². The number of aliphatic hydroxyl groups excluding tert-OH is 1. The molecule has 3 rings (SSSR count). The fourth-order valence-corrected chi connectivity index (χ4v) is 2.51. The molecule has 1 aliphatic rings. The molecule has 1 fully saturated rings. The van der Waals surface area contributed by atoms with E-state index in [0.717, 1.165) is 0 Å². The number of aromatic nitrogens is 3. The summed E-state index contributed by atoms with van der Waals surface area (Å²) >= 11 is 0. The van der Waals surface area contributed by atoms with Crippen LogP contribution >= 0.6 is 0 Å². The van der Waals surface area contributed by atoms with Gasteiger partial charge in [-0.05, 0) is 12.1 Å². The van der Waals surface area contributed by atoms with Crippen LogP contribution in [0.2, 0.25) is 0 Å². The molecular formula is C14H15FN4O2. The maximum atomic E-state index is 13.4. The molecule has 0 spiro atoms. The van der Waals surface area contributed by atoms with Gasteiger partial charge in [0.2, 0.25) is 0 Å². The summed E-state index contributed by atoms with van der Waals surface area (Å²) in [4.78, 5) is 21.9. The zero-order valence-corrected chi connectivity index (χ0v) is 11.3. The standard InChI is InChI=1S/C14H15FN4O2/c15-11-5-12(8-20)19(7-11)14(21)10-1-2-13(17-6-10)18-4-3-16-9-18/h1-4,6,9,11-12,20H,5,7-8H2/t11-,12-/m0/s1. The van der Waals surface area contributed by atoms with Gasteiger partial charge in [0.15, 0.2) is 0 Å². The van der Waals surface area contributed by atoms with Crippen molar-refractivity contribution >= 4 is 5.91 Å². The molecule has 110 valence electrons. The summed E-state index contributed by atoms with van der Waals surface area (Å²) in [5.41, 5.74) is 0.381. The van der Waals surface area contributed by atoms with Crippen molar-refractivity contribution in [2.24, 2.45) is 0 Å². The zero-order valence-electron chi connectivity index (χ0n) is 11.3. The number of carbonyl (C=O) groups excluding carboxylic acids is 1. The lowest BCUT2D eigenvalue weighted by Crippen LogP contribution is -2.37. The van der Waals surface area contributed by atoms with Crippen LogP contribution < -0.4 is 0 Å². The molecule has 1 saturated heterocycles. The Kier molecular flexibility index (Phi) is 3.66. The van der Waals surface area contributed by atoms with Gasteiger partial charge in [-0.15, -0.1) is 0 Å². The number of alkyl halides is 1. The maximum absolute atomic E-state index is 13.4. The number of aliphatic hydroxyl groups is 1. The minimum Gasteiger partial charge on any atom is -0.394 e. The number of likely N-dealkylation sites (tertiary alicyclic amines) is 1. The molecule has 7 heteroatoms. The molecule has 3 heterocycles. The minimum atomic E-state index is -1.08. The molecule has 0 unspecified atom stereocenters. The van der Waals surface area contributed by atoms with E-state index >= 15 is 0 Å². The van der Waals surface area contributed by atoms with Gasteiger partial charge in [0.1, 0.15) is 18.3 Å². The first kappa shape index (κ1) is 13.7. The van der Waals surface area contributed by atoms with Crippen molar-refractivity contribution in [3.8, 4) is 5.82 Å². The molecule has 21 heavy (non-hydrogen) atoms. The summed E-state index contributed by atoms with van der Waals surface area (Å²) in [5, 5.41) is 9.23. The van der Waals surface area contributed by atoms with Crippen molar-refractivity contribution < 1.29 is 14.3 Å². The number of rotatable bonds is 3. The third-order valence-corrected chi connectivity index (χ3v) is 3.60. The van der Waals surface area contributed by atoms with Crippen LogP contribution in [-0.4, -0.2) is 55.8 Å². The van der Waals surface area contributed by atoms with Crippen molar-refractivity contribution in [2.45, 2.75) is 18.6 Å². The van der Waals surface area contributed by atoms with Crippen molar-refractivity contribution in [2.75, 3.05) is 13.2 Å². The lowest BCUT2D eigenvalue weighted by atomic mass is 10.2. The Hall–Kier alpha value is -2.28. The van der Waals surface area contributed by atoms with Crippen molar-refractivity contribution in [3.63, 3.8) is 0 Å². The molecule has 2 atom stereocenters. The highest BCUT2D eigenvalue weighted by molar-refractivity contribution is 5.94. The average Bonchev–Trinajstić information content (AvgIpc) is 3.16. The Balaban J connectivity index is 1.79. The third-order valence-electron chi connectivity index (χ3n) is 3.60. The van der Waals surface area contributed by atoms with Gasteiger partial charge >= 0.3 is 0 Å². The number of hydrogen-bond donors (Lipinski definition) is 1. The van der Waals surface area contributed by atoms with E-state index in [4.69, 9.17) is 0 Å². The van der Waals surface area contributed by atoms with E-state index in [2.05, 4.69) is 9.97 Å². The summed E-state index contributed by atoms with van der Waals surface area (Å²) in [7, 11) is 0. The van der Waals surface area contributed by atoms with Gasteiger partial charge in [0.25, 0.3) is 5.91 Å². The molecule has 1 amide bonds. The van der Waals surface area contributed by atoms with Gasteiger partial charge in [0.05, 0.1) is 24.8 Å². The fraction of sp³-hybridized carbons (Fsp3) is 0.357. The molecule has 0 bridgehead atoms. The maximum Gasteiger partial charge on any atom is 0.255 e. The van der Waals surface area contributed by atoms with E-state index in [-0.39, 0.29) is 25.5 Å². The SMILES string of the molecule is O=C(c1ccc(-n2ccnc2)nc1)N1C[C@@H](F)C[C@H]1CO. The second-order valence-corrected chi connectivity index (χ2v) is 5.00. The molecule has 0 aliphatic carbocycles. The minimum absolute atomic E-state index is 0.0212. The monoisotopic (exact) mass is 290 g/mol. The van der Waals surface area contributed by atoms with E-state index in [1.807, 2.05) is 0 Å². The second kappa shape index (κ2) is 5.61. The van der Waals surface area contributed by atoms with Gasteiger partial charge < -0.3 is 10.0 Å². The fourth-order valence-electron chi connectivity index (χ4n) is 2.51. The zero-order chi connectivity index (χ0) is 14.8. The Bertz CT molecular complexity index is 614. The van der Waals surface area contributed by atoms with E-state index < -0.39 is 12.2 Å². The van der Waals surface area contributed by atoms with Crippen LogP contribution in [0.1, 0.15) is 16.8 Å². The van der Waals surface area contributed by atoms with E-state index in [1.165, 1.54) is 11.1 Å². The van der Waals surface area contributed by atoms with Crippen LogP contribution in [0.3, 0.4) is 0 Å². The number of hydrogen-bond acceptors (Lipinski definition) is 4. The molecule has 2 aromatic rings. The largest absolute Gasteiger partial charge is 0.394 e. The first-order valence-electron chi connectivity index (χ1n) is 6.69. The van der Waals surface area contributed by atoms with Crippen molar-refractivity contribution in [1.82, 2.24) is 19.4 Å². The lowest BCUT2D eigenvalue weighted by Gasteiger charge is -2.22. The summed E-state index contributed by atoms with van der Waals surface area (Å²) in [6, 6.07) is 2.89. The van der Waals surface area contributed by atoms with Crippen molar-refractivity contribution in [1.29, 1.82) is 0 Å². The quantitative estimate of drug-likeness (QED) is 0.908. The van der Waals surface area contributed by atoms with E-state index in [1.54, 1.807) is 35.4 Å². The molecule has 0 aromatic carbocycles. The van der Waals surface area contributed by atoms with Gasteiger partial charge in [-0.25, -0.2) is 14.4 Å². The Morgan fingerprint density at radius 3 is 2.95 bits per heavy atom. The van der Waals surface area contributed by atoms with Gasteiger partial charge in [-0.1, -0.05) is 0 Å². The number of pyridine rings is 1. The highest BCUT2D eigenvalue weighted by atomic mass is 19.1. The molecule has 1 N–H and O–H groups in total. The van der Waals surface area contributed by atoms with Crippen LogP contribution in [0.5, 0.6) is 0 Å². The first-order chi connectivity index (χ1) is 10.2. The summed E-state index contributed by atoms with van der Waals surface area (Å²) < 4.78 is 15.1. The summed E-state index contributed by atoms with van der Waals surface area (Å²) in [6.45, 7) is -0.208. The first-order valence-corrected chi connectivity index (χ1v) is 6.69. The Labute approximate surface area is 120 Å². The predicted molar refractivity (Wildman–Crippen MR) is 72.8 cm³/mol. The topological polar surface area (TPSA) is 71.2 Å². The Morgan fingerprint density at radius 1 is 1.48 bits per heavy atom. The molecule has 6 nitrogen and oxygen atoms in total. The predicted octanol–water partition coefficient (Wildman–Crippen LogP) is 0.812. The highest BCUT2D eigenvalue weighted by Crippen LogP contribution is 2.22. The number of halogens is 1. The average molecular weight is 290 g/mol. The second-order valence-electron chi connectivity index (χ2n) is 5.00. The molecular weight excluding hydrogens is 275 g/mol. The van der Waals surface area contributed by atoms with Crippen LogP contribution in [0.4, 0.5) is 4.39 Å². The number of nitrogens with zero attached hydrogens (tertiary/aromatic N) is 4. The molecule has 2 aromatic heterocycles. The van der Waals surface area contributed by atoms with Gasteiger partial charge in [-0.3, -0.25) is 9.36 Å². The number of imidazole rings is 1. The van der Waals surface area contributed by atoms with Crippen LogP contribution in [0.15, 0.2) is 37.1 Å². The normalized spacial score (nSPS) is 21.7. The lowest BCUT2D eigenvalue weighted by molar-refractivity contribution is 0.0672. The molecule has 0 radical (unpaired) electrons. The van der Waals surface area contributed by atoms with Gasteiger partial charge in [-0.2, -0.15) is 0 Å². The van der Waals surface area contributed by atoms with E-state index in [0.29, 0.717) is 11.4 Å². The smallest absolute Gasteiger partial charge is 0.255 e. The van der Waals surface area contributed by atoms with Crippen LogP contribution in [0.25, 0.3) is 5.82 Å². The summed E-state index contributed by atoms with van der Waals surface area (Å²) in [6.07, 6.45) is 5.56. The van der Waals surface area contributed by atoms with Crippen molar-refractivity contribution in [3.05, 3.63) is 42.6 Å². The Morgan fingerprint density at radius 2 is 2.33 bits per heavy atom. The number of carbonyl (C=O) groups is 1. The molecule has 1 aliphatic heterocycles.